The molecule has 0 aliphatic carbocycles. The van der Waals surface area contributed by atoms with Crippen molar-refractivity contribution in [1.82, 2.24) is 54.4 Å². The zero-order valence-electron chi connectivity index (χ0n) is 27.9. The lowest BCUT2D eigenvalue weighted by Crippen LogP contribution is -2.66. The summed E-state index contributed by atoms with van der Waals surface area (Å²) in [5.41, 5.74) is -0.484. The summed E-state index contributed by atoms with van der Waals surface area (Å²) in [5.74, 6) is -1.18. The van der Waals surface area contributed by atoms with E-state index >= 15 is 0 Å². The van der Waals surface area contributed by atoms with Gasteiger partial charge in [0.1, 0.15) is 34.9 Å². The van der Waals surface area contributed by atoms with Crippen molar-refractivity contribution in [2.45, 2.75) is 58.2 Å². The molecule has 0 saturated carbocycles. The topological polar surface area (TPSA) is 172 Å². The van der Waals surface area contributed by atoms with Crippen LogP contribution in [0.25, 0.3) is 16.9 Å². The van der Waals surface area contributed by atoms with Crippen LogP contribution < -0.4 is 14.8 Å². The maximum Gasteiger partial charge on any atom is 0.410 e. The highest BCUT2D eigenvalue weighted by molar-refractivity contribution is 6.09. The molecule has 2 amide bonds. The van der Waals surface area contributed by atoms with Crippen molar-refractivity contribution in [2.75, 3.05) is 31.5 Å². The molecule has 2 aliphatic rings. The van der Waals surface area contributed by atoms with Gasteiger partial charge in [-0.1, -0.05) is 0 Å². The van der Waals surface area contributed by atoms with Gasteiger partial charge in [-0.15, -0.1) is 10.2 Å². The van der Waals surface area contributed by atoms with Gasteiger partial charge in [0.25, 0.3) is 5.91 Å². The molecule has 17 nitrogen and oxygen atoms in total. The number of tetrazole rings is 1. The van der Waals surface area contributed by atoms with Crippen LogP contribution in [0.15, 0.2) is 49.1 Å². The average molecular weight is 729 g/mol. The molecule has 1 aromatic carbocycles. The van der Waals surface area contributed by atoms with E-state index in [-0.39, 0.29) is 64.5 Å². The number of ether oxygens (including phenoxy) is 3. The highest BCUT2D eigenvalue weighted by Gasteiger charge is 2.43. The normalized spacial score (nSPS) is 15.6. The summed E-state index contributed by atoms with van der Waals surface area (Å²) >= 11 is 0. The van der Waals surface area contributed by atoms with E-state index in [4.69, 9.17) is 4.74 Å². The number of fused-ring (bicyclic) bond motifs is 1. The van der Waals surface area contributed by atoms with E-state index in [0.29, 0.717) is 26.2 Å². The summed E-state index contributed by atoms with van der Waals surface area (Å²) in [6.45, 7) is 1.35. The van der Waals surface area contributed by atoms with Crippen molar-refractivity contribution in [3.63, 3.8) is 0 Å². The standard InChI is InChI=1S/C31H32F4N12O5/c1-31(2,3)52-30(49)44-11-17(12-44)43-13-18(14-43)47-40-24(39-42-47)16-45-15-22(38-27(48)21-10-37-46-8-4-7-36-26(21)46)25(41-45)20-9-19(50-28(32)33)5-6-23(20)51-29(34)35/h4-10,15,17-18,28-29H,11-14,16H2,1-3H3,(H,38,48). The number of halogens is 4. The first-order valence-electron chi connectivity index (χ1n) is 16.0. The molecule has 21 heteroatoms. The molecule has 0 bridgehead atoms. The Morgan fingerprint density at radius 1 is 1.02 bits per heavy atom. The van der Waals surface area contributed by atoms with Crippen LogP contribution in [0, 0.1) is 0 Å². The number of hydrogen-bond donors (Lipinski definition) is 1. The number of anilines is 1. The fourth-order valence-corrected chi connectivity index (χ4v) is 5.75. The Bertz CT molecular complexity index is 2090. The quantitative estimate of drug-likeness (QED) is 0.197. The molecular weight excluding hydrogens is 696 g/mol. The minimum atomic E-state index is -3.26. The number of rotatable bonds is 11. The molecular formula is C31H32F4N12O5. The number of benzene rings is 1. The van der Waals surface area contributed by atoms with E-state index in [1.54, 1.807) is 17.2 Å². The summed E-state index contributed by atoms with van der Waals surface area (Å²) in [6, 6.07) is 4.89. The number of amides is 2. The minimum Gasteiger partial charge on any atom is -0.444 e. The third-order valence-corrected chi connectivity index (χ3v) is 8.20. The zero-order chi connectivity index (χ0) is 36.7. The Balaban J connectivity index is 1.09. The number of likely N-dealkylation sites (tertiary alicyclic amines) is 2. The van der Waals surface area contributed by atoms with Gasteiger partial charge in [0, 0.05) is 50.8 Å². The minimum absolute atomic E-state index is 0.0107. The number of aromatic nitrogens is 9. The van der Waals surface area contributed by atoms with Gasteiger partial charge in [0.15, 0.2) is 11.5 Å². The third kappa shape index (κ3) is 7.43. The number of nitrogens with one attached hydrogen (secondary N) is 1. The van der Waals surface area contributed by atoms with Crippen LogP contribution in [0.2, 0.25) is 0 Å². The van der Waals surface area contributed by atoms with E-state index < -0.39 is 30.5 Å². The molecule has 6 heterocycles. The van der Waals surface area contributed by atoms with Gasteiger partial charge in [-0.25, -0.2) is 14.3 Å². The van der Waals surface area contributed by atoms with E-state index in [2.05, 4.69) is 50.3 Å². The summed E-state index contributed by atoms with van der Waals surface area (Å²) in [7, 11) is 0. The van der Waals surface area contributed by atoms with Gasteiger partial charge in [-0.05, 0) is 50.3 Å². The molecule has 0 atom stereocenters. The van der Waals surface area contributed by atoms with E-state index in [9.17, 15) is 27.2 Å². The smallest absolute Gasteiger partial charge is 0.410 e. The maximum atomic E-state index is 13.5. The number of alkyl halides is 4. The number of carbonyl (C=O) groups is 2. The molecule has 4 aromatic heterocycles. The zero-order valence-corrected chi connectivity index (χ0v) is 27.9. The molecule has 52 heavy (non-hydrogen) atoms. The molecule has 5 aromatic rings. The number of hydrogen-bond acceptors (Lipinski definition) is 12. The Kier molecular flexibility index (Phi) is 9.11. The van der Waals surface area contributed by atoms with Crippen LogP contribution in [0.5, 0.6) is 11.5 Å². The van der Waals surface area contributed by atoms with E-state index in [0.717, 1.165) is 18.2 Å². The first-order valence-corrected chi connectivity index (χ1v) is 16.0. The van der Waals surface area contributed by atoms with Crippen molar-refractivity contribution >= 4 is 23.3 Å². The monoisotopic (exact) mass is 728 g/mol. The maximum absolute atomic E-state index is 13.5. The molecule has 0 unspecified atom stereocenters. The molecule has 7 rings (SSSR count). The summed E-state index contributed by atoms with van der Waals surface area (Å²) < 4.78 is 70.4. The van der Waals surface area contributed by atoms with Crippen LogP contribution in [0.1, 0.15) is 43.0 Å². The van der Waals surface area contributed by atoms with Crippen molar-refractivity contribution in [3.8, 4) is 22.8 Å². The molecule has 2 fully saturated rings. The number of nitrogens with zero attached hydrogens (tertiary/aromatic N) is 11. The molecule has 0 radical (unpaired) electrons. The first-order chi connectivity index (χ1) is 24.8. The van der Waals surface area contributed by atoms with Crippen LogP contribution in [-0.2, 0) is 11.3 Å². The fraction of sp³-hybridized carbons (Fsp3) is 0.419. The lowest BCUT2D eigenvalue weighted by Gasteiger charge is -2.51. The lowest BCUT2D eigenvalue weighted by atomic mass is 10.0. The third-order valence-electron chi connectivity index (χ3n) is 8.20. The average Bonchev–Trinajstić information content (AvgIpc) is 3.76. The molecule has 2 aliphatic heterocycles. The van der Waals surface area contributed by atoms with Crippen molar-refractivity contribution in [1.29, 1.82) is 0 Å². The summed E-state index contributed by atoms with van der Waals surface area (Å²) in [6.07, 6.45) is 5.44. The highest BCUT2D eigenvalue weighted by Crippen LogP contribution is 2.38. The van der Waals surface area contributed by atoms with Crippen LogP contribution in [0.3, 0.4) is 0 Å². The van der Waals surface area contributed by atoms with Gasteiger partial charge < -0.3 is 24.4 Å². The lowest BCUT2D eigenvalue weighted by molar-refractivity contribution is -0.0526. The molecule has 1 N–H and O–H groups in total. The van der Waals surface area contributed by atoms with E-state index in [1.165, 1.54) is 32.6 Å². The van der Waals surface area contributed by atoms with Crippen molar-refractivity contribution in [3.05, 3.63) is 60.4 Å². The molecule has 2 saturated heterocycles. The highest BCUT2D eigenvalue weighted by atomic mass is 19.3. The Hall–Kier alpha value is -5.86. The Morgan fingerprint density at radius 2 is 1.79 bits per heavy atom. The predicted molar refractivity (Wildman–Crippen MR) is 171 cm³/mol. The largest absolute Gasteiger partial charge is 0.444 e. The van der Waals surface area contributed by atoms with Gasteiger partial charge in [-0.3, -0.25) is 14.4 Å². The van der Waals surface area contributed by atoms with Crippen LogP contribution in [-0.4, -0.2) is 117 Å². The van der Waals surface area contributed by atoms with Crippen LogP contribution >= 0.6 is 0 Å². The van der Waals surface area contributed by atoms with Crippen molar-refractivity contribution < 1.29 is 41.4 Å². The molecule has 274 valence electrons. The van der Waals surface area contributed by atoms with Crippen molar-refractivity contribution in [2.24, 2.45) is 0 Å². The molecule has 0 spiro atoms. The second-order valence-electron chi connectivity index (χ2n) is 13.1. The fourth-order valence-electron chi connectivity index (χ4n) is 5.75. The second-order valence-corrected chi connectivity index (χ2v) is 13.1. The second kappa shape index (κ2) is 13.7. The Labute approximate surface area is 292 Å². The Morgan fingerprint density at radius 3 is 2.52 bits per heavy atom. The van der Waals surface area contributed by atoms with Gasteiger partial charge in [-0.2, -0.15) is 32.6 Å². The van der Waals surface area contributed by atoms with E-state index in [1.807, 2.05) is 20.8 Å². The van der Waals surface area contributed by atoms with Crippen LogP contribution in [0.4, 0.5) is 28.0 Å². The summed E-state index contributed by atoms with van der Waals surface area (Å²) in [4.78, 5) is 35.3. The predicted octanol–water partition coefficient (Wildman–Crippen LogP) is 3.56. The SMILES string of the molecule is CC(C)(C)OC(=O)N1CC(N2CC(n3nnc(Cn4cc(NC(=O)c5cnn6cccnc56)c(-c5cc(OC(F)F)ccc5OC(F)F)n4)n3)C2)C1. The first kappa shape index (κ1) is 34.6. The van der Waals surface area contributed by atoms with Gasteiger partial charge in [0.2, 0.25) is 0 Å². The summed E-state index contributed by atoms with van der Waals surface area (Å²) in [5, 5.41) is 24.1. The number of carbonyl (C=O) groups excluding carboxylic acids is 2. The van der Waals surface area contributed by atoms with Gasteiger partial charge in [0.05, 0.1) is 23.5 Å². The van der Waals surface area contributed by atoms with Gasteiger partial charge >= 0.3 is 19.3 Å².